The van der Waals surface area contributed by atoms with Crippen LogP contribution in [0.5, 0.6) is 5.75 Å². The molecule has 2 N–H and O–H groups in total. The summed E-state index contributed by atoms with van der Waals surface area (Å²) in [6.07, 6.45) is 3.08. The largest absolute Gasteiger partial charge is 0.497 e. The molecule has 0 unspecified atom stereocenters. The summed E-state index contributed by atoms with van der Waals surface area (Å²) in [5.74, 6) is 2.19. The number of hydrogen-bond acceptors (Lipinski definition) is 5. The first kappa shape index (κ1) is 15.3. The molecule has 0 aliphatic heterocycles. The lowest BCUT2D eigenvalue weighted by atomic mass is 9.85. The number of methoxy groups -OCH3 is 1. The van der Waals surface area contributed by atoms with Gasteiger partial charge in [0.2, 0.25) is 5.91 Å². The van der Waals surface area contributed by atoms with Gasteiger partial charge in [0.25, 0.3) is 0 Å². The number of amides is 1. The van der Waals surface area contributed by atoms with Crippen molar-refractivity contribution >= 4 is 17.5 Å². The highest BCUT2D eigenvalue weighted by atomic mass is 16.5. The molecule has 1 amide bonds. The third-order valence-corrected chi connectivity index (χ3v) is 4.02. The average Bonchev–Trinajstić information content (AvgIpc) is 2.53. The number of ether oxygens (including phenoxy) is 1. The average molecular weight is 312 g/mol. The molecule has 1 aromatic carbocycles. The van der Waals surface area contributed by atoms with Crippen LogP contribution in [0.1, 0.15) is 24.8 Å². The molecule has 1 aliphatic rings. The Morgan fingerprint density at radius 1 is 1.13 bits per heavy atom. The van der Waals surface area contributed by atoms with Crippen molar-refractivity contribution in [2.24, 2.45) is 5.92 Å². The summed E-state index contributed by atoms with van der Waals surface area (Å²) < 4.78 is 5.13. The zero-order chi connectivity index (χ0) is 16.1. The first-order chi connectivity index (χ1) is 11.2. The molecular weight excluding hydrogens is 292 g/mol. The zero-order valence-corrected chi connectivity index (χ0v) is 13.1. The van der Waals surface area contributed by atoms with Gasteiger partial charge in [-0.2, -0.15) is 0 Å². The molecule has 1 aliphatic carbocycles. The second-order valence-electron chi connectivity index (χ2n) is 5.62. The molecule has 23 heavy (non-hydrogen) atoms. The summed E-state index contributed by atoms with van der Waals surface area (Å²) in [7, 11) is 1.65. The van der Waals surface area contributed by atoms with Crippen molar-refractivity contribution in [3.63, 3.8) is 0 Å². The first-order valence-corrected chi connectivity index (χ1v) is 7.76. The molecule has 0 spiro atoms. The molecule has 1 heterocycles. The minimum absolute atomic E-state index is 0.0458. The van der Waals surface area contributed by atoms with E-state index in [0.717, 1.165) is 30.6 Å². The summed E-state index contributed by atoms with van der Waals surface area (Å²) in [5.41, 5.74) is 1.12. The quantitative estimate of drug-likeness (QED) is 0.858. The maximum Gasteiger partial charge on any atom is 0.228 e. The van der Waals surface area contributed by atoms with Crippen molar-refractivity contribution < 1.29 is 9.53 Å². The van der Waals surface area contributed by atoms with Crippen molar-refractivity contribution in [2.75, 3.05) is 17.7 Å². The van der Waals surface area contributed by atoms with E-state index in [1.165, 1.54) is 0 Å². The number of carbonyl (C=O) groups is 1. The van der Waals surface area contributed by atoms with Crippen molar-refractivity contribution in [1.29, 1.82) is 0 Å². The monoisotopic (exact) mass is 312 g/mol. The molecule has 0 saturated heterocycles. The Hall–Kier alpha value is -2.63. The Morgan fingerprint density at radius 2 is 1.83 bits per heavy atom. The molecule has 2 aromatic rings. The lowest BCUT2D eigenvalue weighted by Crippen LogP contribution is -2.28. The molecule has 1 fully saturated rings. The predicted molar refractivity (Wildman–Crippen MR) is 88.3 cm³/mol. The highest BCUT2D eigenvalue weighted by Gasteiger charge is 2.25. The predicted octanol–water partition coefficient (Wildman–Crippen LogP) is 2.84. The van der Waals surface area contributed by atoms with Gasteiger partial charge in [-0.1, -0.05) is 18.6 Å². The highest BCUT2D eigenvalue weighted by molar-refractivity contribution is 5.92. The molecule has 3 rings (SSSR count). The van der Waals surface area contributed by atoms with Crippen molar-refractivity contribution in [1.82, 2.24) is 10.2 Å². The van der Waals surface area contributed by atoms with Crippen LogP contribution in [0.3, 0.4) is 0 Å². The van der Waals surface area contributed by atoms with E-state index >= 15 is 0 Å². The minimum atomic E-state index is 0.0458. The summed E-state index contributed by atoms with van der Waals surface area (Å²) in [6, 6.07) is 11.4. The number of nitrogens with zero attached hydrogens (tertiary/aromatic N) is 2. The second-order valence-corrected chi connectivity index (χ2v) is 5.62. The second kappa shape index (κ2) is 7.09. The van der Waals surface area contributed by atoms with E-state index in [2.05, 4.69) is 20.8 Å². The van der Waals surface area contributed by atoms with E-state index in [1.54, 1.807) is 13.2 Å². The molecule has 1 saturated carbocycles. The van der Waals surface area contributed by atoms with Crippen molar-refractivity contribution in [3.8, 4) is 5.75 Å². The van der Waals surface area contributed by atoms with Crippen LogP contribution in [0.4, 0.5) is 11.6 Å². The van der Waals surface area contributed by atoms with Crippen LogP contribution in [0, 0.1) is 5.92 Å². The number of aromatic nitrogens is 2. The third-order valence-electron chi connectivity index (χ3n) is 4.02. The Bertz CT molecular complexity index is 651. The molecular formula is C17H20N4O2. The number of carbonyl (C=O) groups excluding carboxylic acids is 1. The van der Waals surface area contributed by atoms with Crippen LogP contribution >= 0.6 is 0 Å². The number of benzene rings is 1. The van der Waals surface area contributed by atoms with Gasteiger partial charge >= 0.3 is 0 Å². The van der Waals surface area contributed by atoms with Gasteiger partial charge in [-0.3, -0.25) is 4.79 Å². The number of anilines is 2. The van der Waals surface area contributed by atoms with Gasteiger partial charge in [0.1, 0.15) is 11.6 Å². The van der Waals surface area contributed by atoms with Crippen molar-refractivity contribution in [2.45, 2.75) is 25.8 Å². The fourth-order valence-corrected chi connectivity index (χ4v) is 2.33. The Kier molecular flexibility index (Phi) is 4.71. The van der Waals surface area contributed by atoms with E-state index in [4.69, 9.17) is 4.74 Å². The molecule has 0 bridgehead atoms. The normalized spacial score (nSPS) is 14.0. The molecule has 120 valence electrons. The number of hydrogen-bond donors (Lipinski definition) is 2. The molecule has 6 nitrogen and oxygen atoms in total. The van der Waals surface area contributed by atoms with Crippen LogP contribution in [-0.2, 0) is 11.3 Å². The van der Waals surface area contributed by atoms with E-state index in [-0.39, 0.29) is 11.8 Å². The minimum Gasteiger partial charge on any atom is -0.497 e. The maximum atomic E-state index is 11.8. The fraction of sp³-hybridized carbons (Fsp3) is 0.353. The molecule has 1 aromatic heterocycles. The molecule has 0 atom stereocenters. The SMILES string of the molecule is COc1ccc(CNc2ccc(NC(=O)C3CCC3)nn2)cc1. The van der Waals surface area contributed by atoms with Gasteiger partial charge in [0, 0.05) is 12.5 Å². The van der Waals surface area contributed by atoms with Gasteiger partial charge < -0.3 is 15.4 Å². The van der Waals surface area contributed by atoms with Crippen molar-refractivity contribution in [3.05, 3.63) is 42.0 Å². The van der Waals surface area contributed by atoms with Crippen LogP contribution in [0.25, 0.3) is 0 Å². The Balaban J connectivity index is 1.51. The number of nitrogens with one attached hydrogen (secondary N) is 2. The molecule has 0 radical (unpaired) electrons. The highest BCUT2D eigenvalue weighted by Crippen LogP contribution is 2.27. The topological polar surface area (TPSA) is 76.1 Å². The van der Waals surface area contributed by atoms with Gasteiger partial charge in [-0.15, -0.1) is 10.2 Å². The smallest absolute Gasteiger partial charge is 0.228 e. The summed E-state index contributed by atoms with van der Waals surface area (Å²) in [6.45, 7) is 0.645. The van der Waals surface area contributed by atoms with Gasteiger partial charge in [-0.25, -0.2) is 0 Å². The van der Waals surface area contributed by atoms with Gasteiger partial charge in [0.05, 0.1) is 7.11 Å². The number of rotatable bonds is 6. The standard InChI is InChI=1S/C17H20N4O2/c1-23-14-7-5-12(6-8-14)11-18-15-9-10-16(21-20-15)19-17(22)13-3-2-4-13/h5-10,13H,2-4,11H2,1H3,(H,18,20)(H,19,21,22). The first-order valence-electron chi connectivity index (χ1n) is 7.76. The maximum absolute atomic E-state index is 11.8. The summed E-state index contributed by atoms with van der Waals surface area (Å²) in [5, 5.41) is 14.1. The van der Waals surface area contributed by atoms with Crippen LogP contribution in [-0.4, -0.2) is 23.2 Å². The fourth-order valence-electron chi connectivity index (χ4n) is 2.33. The summed E-state index contributed by atoms with van der Waals surface area (Å²) >= 11 is 0. The van der Waals surface area contributed by atoms with E-state index < -0.39 is 0 Å². The van der Waals surface area contributed by atoms with Gasteiger partial charge in [-0.05, 0) is 42.7 Å². The molecule has 6 heteroatoms. The Morgan fingerprint density at radius 3 is 2.39 bits per heavy atom. The van der Waals surface area contributed by atoms with Crippen LogP contribution < -0.4 is 15.4 Å². The summed E-state index contributed by atoms with van der Waals surface area (Å²) in [4.78, 5) is 11.8. The van der Waals surface area contributed by atoms with Crippen LogP contribution in [0.2, 0.25) is 0 Å². The zero-order valence-electron chi connectivity index (χ0n) is 13.1. The van der Waals surface area contributed by atoms with E-state index in [9.17, 15) is 4.79 Å². The van der Waals surface area contributed by atoms with E-state index in [1.807, 2.05) is 30.3 Å². The lowest BCUT2D eigenvalue weighted by molar-refractivity contribution is -0.122. The van der Waals surface area contributed by atoms with E-state index in [0.29, 0.717) is 18.2 Å². The Labute approximate surface area is 135 Å². The third kappa shape index (κ3) is 3.97. The lowest BCUT2D eigenvalue weighted by Gasteiger charge is -2.23. The van der Waals surface area contributed by atoms with Crippen LogP contribution in [0.15, 0.2) is 36.4 Å². The van der Waals surface area contributed by atoms with Gasteiger partial charge in [0.15, 0.2) is 5.82 Å².